The monoisotopic (exact) mass is 426 g/mol. The lowest BCUT2D eigenvalue weighted by Gasteiger charge is -2.25. The minimum absolute atomic E-state index is 0.616. The Morgan fingerprint density at radius 1 is 0.828 bits per heavy atom. The Labute approximate surface area is 180 Å². The summed E-state index contributed by atoms with van der Waals surface area (Å²) >= 11 is 0. The predicted molar refractivity (Wildman–Crippen MR) is 124 cm³/mol. The van der Waals surface area contributed by atoms with Gasteiger partial charge < -0.3 is 18.6 Å². The van der Waals surface area contributed by atoms with Crippen molar-refractivity contribution in [3.8, 4) is 0 Å². The summed E-state index contributed by atoms with van der Waals surface area (Å²) in [6.07, 6.45) is 18.6. The normalized spacial score (nSPS) is 20.3. The third-order valence-electron chi connectivity index (χ3n) is 6.78. The third-order valence-corrected chi connectivity index (χ3v) is 9.61. The van der Waals surface area contributed by atoms with Crippen LogP contribution in [0.5, 0.6) is 0 Å². The topological polar surface area (TPSA) is 52.1 Å². The van der Waals surface area contributed by atoms with Crippen molar-refractivity contribution in [2.24, 2.45) is 10.9 Å². The SMILES string of the molecule is CO[Si](CCCNCCCC(CC1CCCCC1)=NC1CCCCC1)(OC)OC. The second kappa shape index (κ2) is 14.7. The first-order chi connectivity index (χ1) is 14.2. The molecule has 0 heterocycles. The van der Waals surface area contributed by atoms with E-state index in [1.165, 1.54) is 89.2 Å². The van der Waals surface area contributed by atoms with Gasteiger partial charge in [-0.1, -0.05) is 51.4 Å². The third kappa shape index (κ3) is 9.60. The molecule has 0 unspecified atom stereocenters. The summed E-state index contributed by atoms with van der Waals surface area (Å²) in [5.41, 5.74) is 1.52. The lowest BCUT2D eigenvalue weighted by molar-refractivity contribution is 0.123. The Kier molecular flexibility index (Phi) is 12.7. The van der Waals surface area contributed by atoms with Crippen LogP contribution < -0.4 is 5.32 Å². The van der Waals surface area contributed by atoms with Gasteiger partial charge in [-0.2, -0.15) is 0 Å². The van der Waals surface area contributed by atoms with Gasteiger partial charge in [0.25, 0.3) is 0 Å². The fourth-order valence-corrected chi connectivity index (χ4v) is 6.66. The molecule has 0 aromatic heterocycles. The smallest absolute Gasteiger partial charge is 0.377 e. The highest BCUT2D eigenvalue weighted by Crippen LogP contribution is 2.28. The summed E-state index contributed by atoms with van der Waals surface area (Å²) in [6.45, 7) is 2.05. The molecule has 0 aliphatic heterocycles. The van der Waals surface area contributed by atoms with Crippen molar-refractivity contribution in [3.05, 3.63) is 0 Å². The van der Waals surface area contributed by atoms with E-state index < -0.39 is 8.80 Å². The molecule has 0 aromatic rings. The summed E-state index contributed by atoms with van der Waals surface area (Å²) < 4.78 is 16.5. The molecule has 2 saturated carbocycles. The minimum atomic E-state index is -2.41. The predicted octanol–water partition coefficient (Wildman–Crippen LogP) is 5.37. The van der Waals surface area contributed by atoms with Crippen LogP contribution in [-0.2, 0) is 13.3 Å². The highest BCUT2D eigenvalue weighted by molar-refractivity contribution is 6.60. The summed E-state index contributed by atoms with van der Waals surface area (Å²) in [5, 5.41) is 3.59. The van der Waals surface area contributed by atoms with E-state index in [9.17, 15) is 0 Å². The van der Waals surface area contributed by atoms with Crippen LogP contribution in [0.25, 0.3) is 0 Å². The average molecular weight is 427 g/mol. The van der Waals surface area contributed by atoms with Crippen LogP contribution in [-0.4, -0.2) is 55.0 Å². The Morgan fingerprint density at radius 2 is 1.41 bits per heavy atom. The van der Waals surface area contributed by atoms with Crippen LogP contribution in [0.4, 0.5) is 0 Å². The number of nitrogens with zero attached hydrogens (tertiary/aromatic N) is 1. The van der Waals surface area contributed by atoms with Gasteiger partial charge in [-0.15, -0.1) is 0 Å². The molecule has 0 spiro atoms. The summed E-state index contributed by atoms with van der Waals surface area (Å²) in [5.74, 6) is 0.897. The van der Waals surface area contributed by atoms with E-state index in [2.05, 4.69) is 5.32 Å². The molecular formula is C23H46N2O3Si. The van der Waals surface area contributed by atoms with E-state index in [-0.39, 0.29) is 0 Å². The van der Waals surface area contributed by atoms with Gasteiger partial charge >= 0.3 is 8.80 Å². The van der Waals surface area contributed by atoms with E-state index >= 15 is 0 Å². The van der Waals surface area contributed by atoms with Crippen LogP contribution in [0, 0.1) is 5.92 Å². The van der Waals surface area contributed by atoms with Crippen molar-refractivity contribution in [1.82, 2.24) is 5.32 Å². The first kappa shape index (κ1) is 25.0. The molecule has 1 N–H and O–H groups in total. The van der Waals surface area contributed by atoms with Crippen molar-refractivity contribution in [2.45, 2.75) is 102 Å². The zero-order chi connectivity index (χ0) is 20.8. The van der Waals surface area contributed by atoms with Crippen molar-refractivity contribution in [2.75, 3.05) is 34.4 Å². The van der Waals surface area contributed by atoms with Crippen molar-refractivity contribution in [3.63, 3.8) is 0 Å². The van der Waals surface area contributed by atoms with Gasteiger partial charge in [0.05, 0.1) is 0 Å². The highest BCUT2D eigenvalue weighted by Gasteiger charge is 2.36. The average Bonchev–Trinajstić information content (AvgIpc) is 2.77. The van der Waals surface area contributed by atoms with Crippen LogP contribution in [0.2, 0.25) is 6.04 Å². The molecule has 0 amide bonds. The highest BCUT2D eigenvalue weighted by atomic mass is 28.4. The van der Waals surface area contributed by atoms with Gasteiger partial charge in [-0.25, -0.2) is 0 Å². The van der Waals surface area contributed by atoms with E-state index in [1.54, 1.807) is 21.3 Å². The van der Waals surface area contributed by atoms with Gasteiger partial charge in [-0.05, 0) is 57.5 Å². The Bertz CT molecular complexity index is 437. The Morgan fingerprint density at radius 3 is 2.03 bits per heavy atom. The van der Waals surface area contributed by atoms with Crippen LogP contribution in [0.15, 0.2) is 4.99 Å². The molecule has 2 rings (SSSR count). The fourth-order valence-electron chi connectivity index (χ4n) is 4.94. The lowest BCUT2D eigenvalue weighted by Crippen LogP contribution is -2.43. The molecule has 2 fully saturated rings. The molecule has 2 aliphatic rings. The summed E-state index contributed by atoms with van der Waals surface area (Å²) in [4.78, 5) is 5.27. The number of hydrogen-bond acceptors (Lipinski definition) is 5. The van der Waals surface area contributed by atoms with E-state index in [1.807, 2.05) is 0 Å². The largest absolute Gasteiger partial charge is 0.500 e. The van der Waals surface area contributed by atoms with Gasteiger partial charge in [-0.3, -0.25) is 4.99 Å². The molecule has 170 valence electrons. The minimum Gasteiger partial charge on any atom is -0.377 e. The zero-order valence-corrected chi connectivity index (χ0v) is 20.3. The van der Waals surface area contributed by atoms with Crippen molar-refractivity contribution < 1.29 is 13.3 Å². The second-order valence-corrected chi connectivity index (χ2v) is 12.0. The molecular weight excluding hydrogens is 380 g/mol. The molecule has 0 radical (unpaired) electrons. The maximum absolute atomic E-state index is 5.49. The quantitative estimate of drug-likeness (QED) is 0.230. The zero-order valence-electron chi connectivity index (χ0n) is 19.3. The van der Waals surface area contributed by atoms with E-state index in [0.29, 0.717) is 6.04 Å². The van der Waals surface area contributed by atoms with Gasteiger partial charge in [0, 0.05) is 39.1 Å². The molecule has 5 nitrogen and oxygen atoms in total. The maximum Gasteiger partial charge on any atom is 0.500 e. The second-order valence-electron chi connectivity index (χ2n) is 8.95. The molecule has 0 saturated heterocycles. The van der Waals surface area contributed by atoms with Gasteiger partial charge in [0.2, 0.25) is 0 Å². The van der Waals surface area contributed by atoms with Crippen LogP contribution in [0.3, 0.4) is 0 Å². The summed E-state index contributed by atoms with van der Waals surface area (Å²) in [7, 11) is 2.65. The Balaban J connectivity index is 1.69. The molecule has 0 atom stereocenters. The van der Waals surface area contributed by atoms with E-state index in [0.717, 1.165) is 31.5 Å². The fraction of sp³-hybridized carbons (Fsp3) is 0.957. The van der Waals surface area contributed by atoms with Gasteiger partial charge in [0.1, 0.15) is 0 Å². The lowest BCUT2D eigenvalue weighted by atomic mass is 9.84. The summed E-state index contributed by atoms with van der Waals surface area (Å²) in [6, 6.07) is 1.48. The Hall–Kier alpha value is -0.273. The molecule has 29 heavy (non-hydrogen) atoms. The molecule has 2 aliphatic carbocycles. The first-order valence-corrected chi connectivity index (χ1v) is 14.1. The number of hydrogen-bond donors (Lipinski definition) is 1. The number of nitrogens with one attached hydrogen (secondary N) is 1. The first-order valence-electron chi connectivity index (χ1n) is 12.1. The van der Waals surface area contributed by atoms with Crippen molar-refractivity contribution in [1.29, 1.82) is 0 Å². The van der Waals surface area contributed by atoms with E-state index in [4.69, 9.17) is 18.3 Å². The van der Waals surface area contributed by atoms with Crippen LogP contribution in [0.1, 0.15) is 89.9 Å². The molecule has 0 aromatic carbocycles. The molecule has 6 heteroatoms. The van der Waals surface area contributed by atoms with Crippen molar-refractivity contribution >= 4 is 14.5 Å². The van der Waals surface area contributed by atoms with Crippen LogP contribution >= 0.6 is 0 Å². The number of aliphatic imine (C=N–C) groups is 1. The van der Waals surface area contributed by atoms with Gasteiger partial charge in [0.15, 0.2) is 0 Å². The number of rotatable bonds is 14. The maximum atomic E-state index is 5.49. The molecule has 0 bridgehead atoms. The standard InChI is InChI=1S/C23H46N2O3Si/c1-26-29(27-2,28-3)19-11-18-24-17-10-16-23(20-21-12-6-4-7-13-21)25-22-14-8-5-9-15-22/h21-22,24H,4-20H2,1-3H3.